The zero-order valence-corrected chi connectivity index (χ0v) is 22.7. The summed E-state index contributed by atoms with van der Waals surface area (Å²) in [6, 6.07) is 15.9. The highest BCUT2D eigenvalue weighted by molar-refractivity contribution is 7.20. The van der Waals surface area contributed by atoms with E-state index in [2.05, 4.69) is 20.4 Å². The molecule has 1 aliphatic rings. The highest BCUT2D eigenvalue weighted by Gasteiger charge is 2.28. The number of amides is 2. The molecule has 0 spiro atoms. The van der Waals surface area contributed by atoms with Gasteiger partial charge in [-0.05, 0) is 63.1 Å². The van der Waals surface area contributed by atoms with Crippen LogP contribution in [0.4, 0.5) is 15.9 Å². The molecule has 0 unspecified atom stereocenters. The number of carbonyl (C=O) groups excluding carboxylic acids is 2. The van der Waals surface area contributed by atoms with Gasteiger partial charge in [0.05, 0.1) is 15.8 Å². The summed E-state index contributed by atoms with van der Waals surface area (Å²) in [4.78, 5) is 31.3. The van der Waals surface area contributed by atoms with Gasteiger partial charge in [0.25, 0.3) is 11.8 Å². The maximum atomic E-state index is 14.3. The van der Waals surface area contributed by atoms with E-state index in [-0.39, 0.29) is 17.6 Å². The molecule has 2 aromatic heterocycles. The van der Waals surface area contributed by atoms with E-state index < -0.39 is 5.54 Å². The van der Waals surface area contributed by atoms with Crippen LogP contribution >= 0.6 is 11.3 Å². The van der Waals surface area contributed by atoms with Crippen molar-refractivity contribution in [2.24, 2.45) is 0 Å². The van der Waals surface area contributed by atoms with Crippen molar-refractivity contribution in [2.75, 3.05) is 29.9 Å². The van der Waals surface area contributed by atoms with Gasteiger partial charge in [0, 0.05) is 37.0 Å². The number of carbonyl (C=O) groups is 2. The van der Waals surface area contributed by atoms with Crippen molar-refractivity contribution in [3.05, 3.63) is 76.4 Å². The van der Waals surface area contributed by atoms with Crippen LogP contribution in [0.5, 0.6) is 0 Å². The average Bonchev–Trinajstić information content (AvgIpc) is 3.39. The van der Waals surface area contributed by atoms with E-state index in [0.29, 0.717) is 32.0 Å². The lowest BCUT2D eigenvalue weighted by Gasteiger charge is -2.27. The first-order chi connectivity index (χ1) is 18.2. The van der Waals surface area contributed by atoms with Crippen LogP contribution in [0.3, 0.4) is 0 Å². The third-order valence-corrected chi connectivity index (χ3v) is 8.18. The second-order valence-corrected chi connectivity index (χ2v) is 11.3. The van der Waals surface area contributed by atoms with Crippen molar-refractivity contribution in [1.82, 2.24) is 15.5 Å². The van der Waals surface area contributed by atoms with E-state index >= 15 is 0 Å². The van der Waals surface area contributed by atoms with Crippen molar-refractivity contribution in [1.29, 1.82) is 0 Å². The number of rotatable bonds is 6. The molecular weight excluding hydrogens is 501 g/mol. The zero-order valence-electron chi connectivity index (χ0n) is 21.9. The third kappa shape index (κ3) is 5.15. The fourth-order valence-corrected chi connectivity index (χ4v) is 5.87. The minimum absolute atomic E-state index is 0.171. The Labute approximate surface area is 225 Å². The number of nitrogens with one attached hydrogen (secondary N) is 2. The Morgan fingerprint density at radius 1 is 1.05 bits per heavy atom. The van der Waals surface area contributed by atoms with Gasteiger partial charge < -0.3 is 10.2 Å². The predicted octanol–water partition coefficient (Wildman–Crippen LogP) is 6.09. The molecule has 2 amide bonds. The molecule has 1 fully saturated rings. The van der Waals surface area contributed by atoms with E-state index in [4.69, 9.17) is 0 Å². The van der Waals surface area contributed by atoms with E-state index in [1.54, 1.807) is 45.2 Å². The van der Waals surface area contributed by atoms with Crippen LogP contribution in [0.1, 0.15) is 65.1 Å². The molecule has 0 saturated carbocycles. The van der Waals surface area contributed by atoms with E-state index in [1.165, 1.54) is 48.0 Å². The molecule has 1 aliphatic heterocycles. The molecule has 0 bridgehead atoms. The summed E-state index contributed by atoms with van der Waals surface area (Å²) in [6.07, 6.45) is 4.93. The minimum Gasteiger partial charge on any atom is -0.372 e. The van der Waals surface area contributed by atoms with Gasteiger partial charge in [-0.1, -0.05) is 31.0 Å². The van der Waals surface area contributed by atoms with Crippen LogP contribution in [0.25, 0.3) is 10.2 Å². The summed E-state index contributed by atoms with van der Waals surface area (Å²) in [7, 11) is 1.69. The maximum absolute atomic E-state index is 14.3. The smallest absolute Gasteiger partial charge is 0.262 e. The highest BCUT2D eigenvalue weighted by atomic mass is 32.1. The Morgan fingerprint density at radius 3 is 2.42 bits per heavy atom. The fraction of sp³-hybridized carbons (Fsp3) is 0.345. The predicted molar refractivity (Wildman–Crippen MR) is 151 cm³/mol. The first kappa shape index (κ1) is 25.9. The topological polar surface area (TPSA) is 81.3 Å². The number of fused-ring (bicyclic) bond motifs is 1. The lowest BCUT2D eigenvalue weighted by molar-refractivity contribution is 0.0914. The van der Waals surface area contributed by atoms with Crippen LogP contribution < -0.4 is 15.1 Å². The molecule has 0 aliphatic carbocycles. The van der Waals surface area contributed by atoms with Crippen molar-refractivity contribution in [2.45, 2.75) is 45.1 Å². The number of hydrogen-bond donors (Lipinski definition) is 2. The number of benzene rings is 2. The molecule has 2 aromatic carbocycles. The Kier molecular flexibility index (Phi) is 7.21. The lowest BCUT2D eigenvalue weighted by atomic mass is 9.93. The summed E-state index contributed by atoms with van der Waals surface area (Å²) in [5.74, 6) is -0.354. The summed E-state index contributed by atoms with van der Waals surface area (Å²) in [5.41, 5.74) is 1.21. The molecule has 7 nitrogen and oxygen atoms in total. The zero-order chi connectivity index (χ0) is 26.9. The van der Waals surface area contributed by atoms with E-state index in [9.17, 15) is 14.0 Å². The van der Waals surface area contributed by atoms with Crippen molar-refractivity contribution in [3.8, 4) is 0 Å². The van der Waals surface area contributed by atoms with Crippen LogP contribution in [0.2, 0.25) is 0 Å². The summed E-state index contributed by atoms with van der Waals surface area (Å²) >= 11 is 1.22. The molecule has 5 rings (SSSR count). The molecule has 198 valence electrons. The molecule has 0 atom stereocenters. The number of aromatic amines is 1. The molecule has 1 saturated heterocycles. The van der Waals surface area contributed by atoms with E-state index in [1.807, 2.05) is 24.3 Å². The third-order valence-electron chi connectivity index (χ3n) is 7.15. The average molecular weight is 534 g/mol. The summed E-state index contributed by atoms with van der Waals surface area (Å²) in [6.45, 7) is 5.62. The van der Waals surface area contributed by atoms with Gasteiger partial charge in [0.2, 0.25) is 0 Å². The van der Waals surface area contributed by atoms with Crippen LogP contribution in [-0.2, 0) is 5.54 Å². The standard InChI is InChI=1S/C29H32FN5O2S/c1-29(2,22-10-6-7-11-23(22)30)31-26(36)24-18-21-25(32-33-27(21)38-24)34(3)28(37)19-12-14-20(15-13-19)35-16-8-4-5-9-17-35/h6-7,10-15,18H,4-5,8-9,16-17H2,1-3H3,(H,31,36)(H,32,33). The highest BCUT2D eigenvalue weighted by Crippen LogP contribution is 2.33. The molecule has 9 heteroatoms. The number of hydrogen-bond acceptors (Lipinski definition) is 5. The fourth-order valence-electron chi connectivity index (χ4n) is 4.99. The number of thiophene rings is 1. The number of H-pyrrole nitrogens is 1. The van der Waals surface area contributed by atoms with Crippen LogP contribution in [0, 0.1) is 5.82 Å². The van der Waals surface area contributed by atoms with Gasteiger partial charge in [-0.15, -0.1) is 11.3 Å². The molecule has 4 aromatic rings. The first-order valence-corrected chi connectivity index (χ1v) is 13.7. The second kappa shape index (κ2) is 10.6. The van der Waals surface area contributed by atoms with Crippen LogP contribution in [-0.4, -0.2) is 42.1 Å². The normalized spacial score (nSPS) is 14.4. The Bertz CT molecular complexity index is 1450. The van der Waals surface area contributed by atoms with Gasteiger partial charge in [0.15, 0.2) is 0 Å². The maximum Gasteiger partial charge on any atom is 0.262 e. The molecule has 2 N–H and O–H groups in total. The lowest BCUT2D eigenvalue weighted by Crippen LogP contribution is -2.41. The number of aromatic nitrogens is 2. The van der Waals surface area contributed by atoms with Gasteiger partial charge in [-0.25, -0.2) is 4.39 Å². The molecule has 3 heterocycles. The molecule has 38 heavy (non-hydrogen) atoms. The first-order valence-electron chi connectivity index (χ1n) is 12.9. The second-order valence-electron chi connectivity index (χ2n) is 10.3. The SMILES string of the molecule is CN(C(=O)c1ccc(N2CCCCCC2)cc1)c1[nH]nc2sc(C(=O)NC(C)(C)c3ccccc3F)cc12. The van der Waals surface area contributed by atoms with Gasteiger partial charge >= 0.3 is 0 Å². The summed E-state index contributed by atoms with van der Waals surface area (Å²) < 4.78 is 14.3. The van der Waals surface area contributed by atoms with Gasteiger partial charge in [0.1, 0.15) is 16.5 Å². The Hall–Kier alpha value is -3.72. The largest absolute Gasteiger partial charge is 0.372 e. The van der Waals surface area contributed by atoms with Crippen LogP contribution in [0.15, 0.2) is 54.6 Å². The molecular formula is C29H32FN5O2S. The number of halogens is 1. The summed E-state index contributed by atoms with van der Waals surface area (Å²) in [5, 5.41) is 10.9. The number of anilines is 2. The minimum atomic E-state index is -0.912. The molecule has 0 radical (unpaired) electrons. The monoisotopic (exact) mass is 533 g/mol. The Balaban J connectivity index is 1.32. The quantitative estimate of drug-likeness (QED) is 0.315. The van der Waals surface area contributed by atoms with E-state index in [0.717, 1.165) is 18.8 Å². The van der Waals surface area contributed by atoms with Crippen molar-refractivity contribution >= 4 is 44.9 Å². The van der Waals surface area contributed by atoms with Crippen molar-refractivity contribution in [3.63, 3.8) is 0 Å². The van der Waals surface area contributed by atoms with Gasteiger partial charge in [-0.2, -0.15) is 5.10 Å². The van der Waals surface area contributed by atoms with Gasteiger partial charge in [-0.3, -0.25) is 19.6 Å². The number of nitrogens with zero attached hydrogens (tertiary/aromatic N) is 3. The van der Waals surface area contributed by atoms with Crippen molar-refractivity contribution < 1.29 is 14.0 Å². The Morgan fingerprint density at radius 2 is 1.74 bits per heavy atom.